The van der Waals surface area contributed by atoms with Crippen molar-refractivity contribution in [1.29, 1.82) is 0 Å². The molecule has 0 heterocycles. The molecule has 74 valence electrons. The quantitative estimate of drug-likeness (QED) is 0.439. The van der Waals surface area contributed by atoms with Gasteiger partial charge >= 0.3 is 0 Å². The highest BCUT2D eigenvalue weighted by molar-refractivity contribution is 5.73. The van der Waals surface area contributed by atoms with E-state index in [4.69, 9.17) is 4.74 Å². The molecule has 0 N–H and O–H groups in total. The van der Waals surface area contributed by atoms with Crippen molar-refractivity contribution >= 4 is 5.91 Å². The summed E-state index contributed by atoms with van der Waals surface area (Å²) in [7, 11) is 0. The molecule has 0 unspecified atom stereocenters. The monoisotopic (exact) mass is 183 g/mol. The molecule has 0 radical (unpaired) electrons. The van der Waals surface area contributed by atoms with Crippen molar-refractivity contribution in [3.05, 3.63) is 25.3 Å². The van der Waals surface area contributed by atoms with Crippen molar-refractivity contribution in [2.24, 2.45) is 0 Å². The fourth-order valence-electron chi connectivity index (χ4n) is 0.875. The Hall–Kier alpha value is -1.09. The molecule has 13 heavy (non-hydrogen) atoms. The predicted octanol–water partition coefficient (Wildman–Crippen LogP) is 1.22. The molecule has 0 fully saturated rings. The van der Waals surface area contributed by atoms with Gasteiger partial charge in [0.25, 0.3) is 0 Å². The van der Waals surface area contributed by atoms with Crippen LogP contribution in [0.4, 0.5) is 0 Å². The molecule has 0 rings (SSSR count). The first-order valence-electron chi connectivity index (χ1n) is 4.27. The number of nitrogens with zero attached hydrogens (tertiary/aromatic N) is 1. The first-order chi connectivity index (χ1) is 6.22. The predicted molar refractivity (Wildman–Crippen MR) is 53.5 cm³/mol. The van der Waals surface area contributed by atoms with Crippen molar-refractivity contribution in [2.45, 2.75) is 6.92 Å². The highest BCUT2D eigenvalue weighted by Gasteiger charge is 2.04. The van der Waals surface area contributed by atoms with E-state index in [0.29, 0.717) is 26.3 Å². The van der Waals surface area contributed by atoms with Crippen molar-refractivity contribution in [3.8, 4) is 0 Å². The van der Waals surface area contributed by atoms with Crippen LogP contribution in [0.3, 0.4) is 0 Å². The fourth-order valence-corrected chi connectivity index (χ4v) is 0.875. The van der Waals surface area contributed by atoms with E-state index in [1.54, 1.807) is 17.1 Å². The molecule has 0 atom stereocenters. The number of ether oxygens (including phenoxy) is 1. The molecule has 0 spiro atoms. The van der Waals surface area contributed by atoms with Crippen molar-refractivity contribution in [3.63, 3.8) is 0 Å². The summed E-state index contributed by atoms with van der Waals surface area (Å²) in [6.45, 7) is 10.9. The van der Waals surface area contributed by atoms with Crippen LogP contribution in [0.2, 0.25) is 0 Å². The van der Waals surface area contributed by atoms with Crippen LogP contribution in [-0.4, -0.2) is 37.1 Å². The molecule has 0 aromatic heterocycles. The lowest BCUT2D eigenvalue weighted by molar-refractivity contribution is -0.129. The molecule has 3 heteroatoms. The van der Waals surface area contributed by atoms with E-state index in [2.05, 4.69) is 13.2 Å². The zero-order chi connectivity index (χ0) is 10.1. The molecule has 0 aromatic rings. The Morgan fingerprint density at radius 2 is 2.15 bits per heavy atom. The number of carbonyl (C=O) groups is 1. The summed E-state index contributed by atoms with van der Waals surface area (Å²) >= 11 is 0. The second-order valence-corrected chi connectivity index (χ2v) is 2.62. The van der Waals surface area contributed by atoms with E-state index in [-0.39, 0.29) is 5.91 Å². The smallest absolute Gasteiger partial charge is 0.219 e. The van der Waals surface area contributed by atoms with Crippen LogP contribution >= 0.6 is 0 Å². The normalized spacial score (nSPS) is 9.31. The van der Waals surface area contributed by atoms with Crippen LogP contribution in [0, 0.1) is 0 Å². The molecule has 0 saturated carbocycles. The van der Waals surface area contributed by atoms with Crippen LogP contribution in [0.15, 0.2) is 25.3 Å². The molecule has 0 aliphatic rings. The lowest BCUT2D eigenvalue weighted by Crippen LogP contribution is -2.32. The van der Waals surface area contributed by atoms with Crippen LogP contribution < -0.4 is 0 Å². The molecule has 0 saturated heterocycles. The van der Waals surface area contributed by atoms with E-state index >= 15 is 0 Å². The third kappa shape index (κ3) is 6.11. The average molecular weight is 183 g/mol. The molecule has 0 bridgehead atoms. The zero-order valence-corrected chi connectivity index (χ0v) is 8.16. The van der Waals surface area contributed by atoms with E-state index < -0.39 is 0 Å². The summed E-state index contributed by atoms with van der Waals surface area (Å²) in [6, 6.07) is 0. The van der Waals surface area contributed by atoms with Gasteiger partial charge in [0.2, 0.25) is 5.91 Å². The Morgan fingerprint density at radius 1 is 1.46 bits per heavy atom. The minimum absolute atomic E-state index is 0.0436. The van der Waals surface area contributed by atoms with E-state index in [1.807, 2.05) is 0 Å². The maximum absolute atomic E-state index is 11.0. The molecular weight excluding hydrogens is 166 g/mol. The highest BCUT2D eigenvalue weighted by Crippen LogP contribution is 1.90. The lowest BCUT2D eigenvalue weighted by Gasteiger charge is -2.18. The van der Waals surface area contributed by atoms with E-state index in [9.17, 15) is 4.79 Å². The molecule has 0 aliphatic carbocycles. The average Bonchev–Trinajstić information content (AvgIpc) is 2.10. The number of hydrogen-bond donors (Lipinski definition) is 0. The van der Waals surface area contributed by atoms with Crippen LogP contribution in [0.5, 0.6) is 0 Å². The van der Waals surface area contributed by atoms with Crippen LogP contribution in [-0.2, 0) is 9.53 Å². The summed E-state index contributed by atoms with van der Waals surface area (Å²) in [5.41, 5.74) is 0. The SMILES string of the molecule is C=CCOCCN(CC=C)C(C)=O. The third-order valence-corrected chi connectivity index (χ3v) is 1.54. The largest absolute Gasteiger partial charge is 0.376 e. The molecule has 0 aromatic carbocycles. The third-order valence-electron chi connectivity index (χ3n) is 1.54. The molecule has 3 nitrogen and oxygen atoms in total. The Labute approximate surface area is 79.7 Å². The fraction of sp³-hybridized carbons (Fsp3) is 0.500. The van der Waals surface area contributed by atoms with Crippen molar-refractivity contribution in [2.75, 3.05) is 26.3 Å². The Balaban J connectivity index is 3.62. The van der Waals surface area contributed by atoms with Crippen LogP contribution in [0.1, 0.15) is 6.92 Å². The van der Waals surface area contributed by atoms with Gasteiger partial charge in [0.15, 0.2) is 0 Å². The first kappa shape index (κ1) is 11.9. The number of amides is 1. The number of hydrogen-bond acceptors (Lipinski definition) is 2. The second-order valence-electron chi connectivity index (χ2n) is 2.62. The van der Waals surface area contributed by atoms with Gasteiger partial charge in [0, 0.05) is 20.0 Å². The maximum atomic E-state index is 11.0. The topological polar surface area (TPSA) is 29.5 Å². The Kier molecular flexibility index (Phi) is 6.92. The standard InChI is InChI=1S/C10H17NO2/c1-4-6-11(10(3)12)7-9-13-8-5-2/h4-5H,1-2,6-9H2,3H3. The molecular formula is C10H17NO2. The van der Waals surface area contributed by atoms with Crippen molar-refractivity contribution in [1.82, 2.24) is 4.90 Å². The summed E-state index contributed by atoms with van der Waals surface area (Å²) in [4.78, 5) is 12.7. The van der Waals surface area contributed by atoms with Gasteiger partial charge in [-0.05, 0) is 0 Å². The molecule has 0 aliphatic heterocycles. The molecule has 1 amide bonds. The number of carbonyl (C=O) groups excluding carboxylic acids is 1. The summed E-state index contributed by atoms with van der Waals surface area (Å²) in [6.07, 6.45) is 3.39. The Bertz CT molecular complexity index is 178. The summed E-state index contributed by atoms with van der Waals surface area (Å²) in [5.74, 6) is 0.0436. The van der Waals surface area contributed by atoms with Gasteiger partial charge < -0.3 is 9.64 Å². The van der Waals surface area contributed by atoms with Crippen LogP contribution in [0.25, 0.3) is 0 Å². The van der Waals surface area contributed by atoms with Gasteiger partial charge in [0.1, 0.15) is 0 Å². The Morgan fingerprint density at radius 3 is 2.62 bits per heavy atom. The van der Waals surface area contributed by atoms with Gasteiger partial charge in [-0.2, -0.15) is 0 Å². The highest BCUT2D eigenvalue weighted by atomic mass is 16.5. The van der Waals surface area contributed by atoms with Gasteiger partial charge in [0.05, 0.1) is 13.2 Å². The second kappa shape index (κ2) is 7.55. The minimum atomic E-state index is 0.0436. The minimum Gasteiger partial charge on any atom is -0.376 e. The maximum Gasteiger partial charge on any atom is 0.219 e. The van der Waals surface area contributed by atoms with Crippen molar-refractivity contribution < 1.29 is 9.53 Å². The van der Waals surface area contributed by atoms with Gasteiger partial charge in [-0.1, -0.05) is 12.2 Å². The summed E-state index contributed by atoms with van der Waals surface area (Å²) in [5, 5.41) is 0. The number of rotatable bonds is 7. The first-order valence-corrected chi connectivity index (χ1v) is 4.27. The zero-order valence-electron chi connectivity index (χ0n) is 8.16. The van der Waals surface area contributed by atoms with E-state index in [0.717, 1.165) is 0 Å². The summed E-state index contributed by atoms with van der Waals surface area (Å²) < 4.78 is 5.16. The van der Waals surface area contributed by atoms with Gasteiger partial charge in [-0.25, -0.2) is 0 Å². The van der Waals surface area contributed by atoms with E-state index in [1.165, 1.54) is 6.92 Å². The van der Waals surface area contributed by atoms with Gasteiger partial charge in [-0.3, -0.25) is 4.79 Å². The van der Waals surface area contributed by atoms with Gasteiger partial charge in [-0.15, -0.1) is 13.2 Å². The lowest BCUT2D eigenvalue weighted by atomic mass is 10.4.